The summed E-state index contributed by atoms with van der Waals surface area (Å²) < 4.78 is 18.7. The van der Waals surface area contributed by atoms with Crippen molar-refractivity contribution in [3.8, 4) is 11.5 Å². The van der Waals surface area contributed by atoms with Crippen molar-refractivity contribution < 1.29 is 28.6 Å². The van der Waals surface area contributed by atoms with Crippen LogP contribution in [0.15, 0.2) is 79.1 Å². The molecule has 0 saturated heterocycles. The molecule has 2 aromatic carbocycles. The average Bonchev–Trinajstić information content (AvgIpc) is 2.97. The standard InChI is InChI=1S/C31H32FN3O5/c1-40-25-11-12-26(28(37)19-25)27(36)13-14-29(38)35(20-21-7-9-23(32)10-8-21)30(22-15-17-33-18-16-22)31(39)34-24-5-3-2-4-6-24/h7-19,24,30,37H,2-6,20H2,1H3,(H,34,39)/b14-13+. The van der Waals surface area contributed by atoms with Gasteiger partial charge < -0.3 is 20.1 Å². The van der Waals surface area contributed by atoms with Crippen LogP contribution in [0.1, 0.15) is 59.6 Å². The number of carbonyl (C=O) groups is 3. The van der Waals surface area contributed by atoms with Gasteiger partial charge >= 0.3 is 0 Å². The number of allylic oxidation sites excluding steroid dienone is 1. The summed E-state index contributed by atoms with van der Waals surface area (Å²) in [6.07, 6.45) is 10.1. The fourth-order valence-electron chi connectivity index (χ4n) is 4.81. The number of carbonyl (C=O) groups excluding carboxylic acids is 3. The summed E-state index contributed by atoms with van der Waals surface area (Å²) in [5.41, 5.74) is 1.15. The van der Waals surface area contributed by atoms with Crippen LogP contribution in [-0.4, -0.2) is 45.7 Å². The van der Waals surface area contributed by atoms with Gasteiger partial charge in [0.25, 0.3) is 0 Å². The number of amides is 2. The third kappa shape index (κ3) is 7.31. The molecule has 1 unspecified atom stereocenters. The number of aromatic hydroxyl groups is 1. The predicted octanol–water partition coefficient (Wildman–Crippen LogP) is 4.89. The van der Waals surface area contributed by atoms with Crippen molar-refractivity contribution in [1.29, 1.82) is 0 Å². The maximum atomic E-state index is 13.7. The molecule has 1 aliphatic carbocycles. The Morgan fingerprint density at radius 3 is 2.40 bits per heavy atom. The molecule has 9 heteroatoms. The van der Waals surface area contributed by atoms with Crippen molar-refractivity contribution in [3.05, 3.63) is 102 Å². The number of hydrogen-bond acceptors (Lipinski definition) is 6. The van der Waals surface area contributed by atoms with Gasteiger partial charge in [-0.15, -0.1) is 0 Å². The van der Waals surface area contributed by atoms with Crippen LogP contribution in [0.3, 0.4) is 0 Å². The molecule has 1 heterocycles. The Hall–Kier alpha value is -4.53. The molecule has 0 spiro atoms. The molecule has 2 N–H and O–H groups in total. The smallest absolute Gasteiger partial charge is 0.247 e. The van der Waals surface area contributed by atoms with Crippen LogP contribution in [0.4, 0.5) is 4.39 Å². The van der Waals surface area contributed by atoms with Gasteiger partial charge in [0.05, 0.1) is 12.7 Å². The molecule has 1 aliphatic rings. The molecule has 2 amide bonds. The van der Waals surface area contributed by atoms with Gasteiger partial charge in [0, 0.05) is 37.1 Å². The number of rotatable bonds is 10. The van der Waals surface area contributed by atoms with Crippen LogP contribution in [0.25, 0.3) is 0 Å². The highest BCUT2D eigenvalue weighted by atomic mass is 19.1. The van der Waals surface area contributed by atoms with Crippen LogP contribution in [0, 0.1) is 5.82 Å². The minimum absolute atomic E-state index is 0.00327. The normalized spacial score (nSPS) is 14.4. The highest BCUT2D eigenvalue weighted by molar-refractivity contribution is 6.09. The van der Waals surface area contributed by atoms with Gasteiger partial charge in [-0.25, -0.2) is 4.39 Å². The van der Waals surface area contributed by atoms with Gasteiger partial charge in [0.1, 0.15) is 23.4 Å². The summed E-state index contributed by atoms with van der Waals surface area (Å²) in [5.74, 6) is -1.88. The maximum Gasteiger partial charge on any atom is 0.247 e. The molecule has 0 aliphatic heterocycles. The van der Waals surface area contributed by atoms with Crippen molar-refractivity contribution in [2.75, 3.05) is 7.11 Å². The highest BCUT2D eigenvalue weighted by Crippen LogP contribution is 2.27. The summed E-state index contributed by atoms with van der Waals surface area (Å²) in [7, 11) is 1.44. The van der Waals surface area contributed by atoms with E-state index in [9.17, 15) is 23.9 Å². The fourth-order valence-corrected chi connectivity index (χ4v) is 4.81. The number of aromatic nitrogens is 1. The lowest BCUT2D eigenvalue weighted by Gasteiger charge is -2.33. The first-order chi connectivity index (χ1) is 19.4. The Labute approximate surface area is 232 Å². The number of benzene rings is 2. The summed E-state index contributed by atoms with van der Waals surface area (Å²) >= 11 is 0. The van der Waals surface area contributed by atoms with E-state index in [1.54, 1.807) is 36.7 Å². The third-order valence-corrected chi connectivity index (χ3v) is 6.93. The Bertz CT molecular complexity index is 1360. The Morgan fingerprint density at radius 2 is 1.75 bits per heavy atom. The van der Waals surface area contributed by atoms with E-state index in [0.717, 1.165) is 44.3 Å². The number of methoxy groups -OCH3 is 1. The first kappa shape index (κ1) is 28.5. The number of hydrogen-bond donors (Lipinski definition) is 2. The number of ether oxygens (including phenoxy) is 1. The van der Waals surface area contributed by atoms with Crippen LogP contribution in [-0.2, 0) is 16.1 Å². The van der Waals surface area contributed by atoms with E-state index in [0.29, 0.717) is 16.9 Å². The number of phenols is 1. The summed E-state index contributed by atoms with van der Waals surface area (Å²) in [5, 5.41) is 13.3. The van der Waals surface area contributed by atoms with Gasteiger partial charge in [-0.2, -0.15) is 0 Å². The van der Waals surface area contributed by atoms with Crippen molar-refractivity contribution in [2.45, 2.75) is 50.7 Å². The molecule has 8 nitrogen and oxygen atoms in total. The Balaban J connectivity index is 1.66. The van der Waals surface area contributed by atoms with Crippen molar-refractivity contribution in [1.82, 2.24) is 15.2 Å². The van der Waals surface area contributed by atoms with E-state index < -0.39 is 23.5 Å². The number of pyridine rings is 1. The van der Waals surface area contributed by atoms with Crippen molar-refractivity contribution >= 4 is 17.6 Å². The lowest BCUT2D eigenvalue weighted by atomic mass is 9.94. The second-order valence-electron chi connectivity index (χ2n) is 9.70. The molecule has 1 saturated carbocycles. The quantitative estimate of drug-likeness (QED) is 0.277. The molecule has 208 valence electrons. The molecule has 0 bridgehead atoms. The van der Waals surface area contributed by atoms with E-state index in [4.69, 9.17) is 4.74 Å². The fraction of sp³-hybridized carbons (Fsp3) is 0.290. The third-order valence-electron chi connectivity index (χ3n) is 6.93. The molecule has 1 atom stereocenters. The summed E-state index contributed by atoms with van der Waals surface area (Å²) in [6, 6.07) is 12.2. The lowest BCUT2D eigenvalue weighted by Crippen LogP contribution is -2.46. The first-order valence-corrected chi connectivity index (χ1v) is 13.2. The van der Waals surface area contributed by atoms with Crippen molar-refractivity contribution in [2.24, 2.45) is 0 Å². The zero-order chi connectivity index (χ0) is 28.5. The predicted molar refractivity (Wildman–Crippen MR) is 147 cm³/mol. The van der Waals surface area contributed by atoms with E-state index in [1.807, 2.05) is 0 Å². The lowest BCUT2D eigenvalue weighted by molar-refractivity contribution is -0.138. The van der Waals surface area contributed by atoms with Crippen molar-refractivity contribution in [3.63, 3.8) is 0 Å². The van der Waals surface area contributed by atoms with Crippen LogP contribution in [0.5, 0.6) is 11.5 Å². The van der Waals surface area contributed by atoms with Crippen LogP contribution < -0.4 is 10.1 Å². The maximum absolute atomic E-state index is 13.7. The first-order valence-electron chi connectivity index (χ1n) is 13.2. The van der Waals surface area contributed by atoms with Gasteiger partial charge in [-0.05, 0) is 66.4 Å². The largest absolute Gasteiger partial charge is 0.507 e. The second-order valence-corrected chi connectivity index (χ2v) is 9.70. The number of nitrogens with zero attached hydrogens (tertiary/aromatic N) is 2. The molecule has 0 radical (unpaired) electrons. The minimum atomic E-state index is -1.03. The van der Waals surface area contributed by atoms with Gasteiger partial charge in [0.15, 0.2) is 5.78 Å². The number of ketones is 1. The van der Waals surface area contributed by atoms with E-state index in [-0.39, 0.29) is 29.8 Å². The van der Waals surface area contributed by atoms with E-state index >= 15 is 0 Å². The molecule has 1 aromatic heterocycles. The highest BCUT2D eigenvalue weighted by Gasteiger charge is 2.32. The number of halogens is 1. The second kappa shape index (κ2) is 13.5. The zero-order valence-electron chi connectivity index (χ0n) is 22.3. The SMILES string of the molecule is COc1ccc(C(=O)/C=C/C(=O)N(Cc2ccc(F)cc2)C(C(=O)NC2CCCCC2)c2ccncc2)c(O)c1. The minimum Gasteiger partial charge on any atom is -0.507 e. The summed E-state index contributed by atoms with van der Waals surface area (Å²) in [6.45, 7) is -0.0174. The number of phenolic OH excluding ortho intramolecular Hbond substituents is 1. The van der Waals surface area contributed by atoms with E-state index in [1.165, 1.54) is 42.3 Å². The Morgan fingerprint density at radius 1 is 1.05 bits per heavy atom. The van der Waals surface area contributed by atoms with E-state index in [2.05, 4.69) is 10.3 Å². The molecule has 4 rings (SSSR count). The van der Waals surface area contributed by atoms with Crippen LogP contribution in [0.2, 0.25) is 0 Å². The molecular formula is C31H32FN3O5. The molecule has 40 heavy (non-hydrogen) atoms. The average molecular weight is 546 g/mol. The van der Waals surface area contributed by atoms with Crippen LogP contribution >= 0.6 is 0 Å². The van der Waals surface area contributed by atoms with Gasteiger partial charge in [0.2, 0.25) is 11.8 Å². The van der Waals surface area contributed by atoms with Gasteiger partial charge in [-0.1, -0.05) is 31.4 Å². The van der Waals surface area contributed by atoms with Gasteiger partial charge in [-0.3, -0.25) is 19.4 Å². The Kier molecular flexibility index (Phi) is 9.62. The zero-order valence-corrected chi connectivity index (χ0v) is 22.3. The molecular weight excluding hydrogens is 513 g/mol. The summed E-state index contributed by atoms with van der Waals surface area (Å²) in [4.78, 5) is 45.7. The molecule has 1 fully saturated rings. The topological polar surface area (TPSA) is 109 Å². The monoisotopic (exact) mass is 545 g/mol. The molecule has 3 aromatic rings. The number of nitrogens with one attached hydrogen (secondary N) is 1.